The number of aryl methyl sites for hydroxylation is 2. The van der Waals surface area contributed by atoms with Gasteiger partial charge in [0.05, 0.1) is 7.11 Å². The van der Waals surface area contributed by atoms with Crippen molar-refractivity contribution in [3.63, 3.8) is 0 Å². The van der Waals surface area contributed by atoms with Gasteiger partial charge >= 0.3 is 0 Å². The maximum absolute atomic E-state index is 12.5. The van der Waals surface area contributed by atoms with Crippen molar-refractivity contribution in [3.05, 3.63) is 59.2 Å². The molecule has 1 fully saturated rings. The number of piperazine rings is 1. The van der Waals surface area contributed by atoms with Gasteiger partial charge in [-0.05, 0) is 42.7 Å². The molecule has 144 valence electrons. The van der Waals surface area contributed by atoms with Crippen LogP contribution in [-0.4, -0.2) is 55.6 Å². The van der Waals surface area contributed by atoms with Gasteiger partial charge in [0.2, 0.25) is 0 Å². The summed E-state index contributed by atoms with van der Waals surface area (Å²) in [6.45, 7) is 8.35. The van der Waals surface area contributed by atoms with E-state index in [1.54, 1.807) is 7.11 Å². The quantitative estimate of drug-likeness (QED) is 0.786. The highest BCUT2D eigenvalue weighted by Crippen LogP contribution is 2.27. The largest absolute Gasteiger partial charge is 0.493 e. The number of ether oxygens (including phenoxy) is 2. The van der Waals surface area contributed by atoms with E-state index >= 15 is 0 Å². The molecule has 5 nitrogen and oxygen atoms in total. The molecule has 2 aromatic rings. The van der Waals surface area contributed by atoms with E-state index < -0.39 is 0 Å². The Labute approximate surface area is 161 Å². The number of benzene rings is 2. The molecule has 1 amide bonds. The number of carbonyl (C=O) groups is 1. The number of methoxy groups -OCH3 is 1. The summed E-state index contributed by atoms with van der Waals surface area (Å²) in [5.74, 6) is 1.29. The van der Waals surface area contributed by atoms with Crippen LogP contribution in [0.5, 0.6) is 11.5 Å². The average molecular weight is 368 g/mol. The number of amides is 1. The summed E-state index contributed by atoms with van der Waals surface area (Å²) in [7, 11) is 1.61. The number of hydrogen-bond donors (Lipinski definition) is 0. The van der Waals surface area contributed by atoms with Crippen molar-refractivity contribution in [2.45, 2.75) is 20.4 Å². The van der Waals surface area contributed by atoms with Crippen LogP contribution in [0.4, 0.5) is 0 Å². The summed E-state index contributed by atoms with van der Waals surface area (Å²) >= 11 is 0. The predicted molar refractivity (Wildman–Crippen MR) is 106 cm³/mol. The smallest absolute Gasteiger partial charge is 0.260 e. The highest BCUT2D eigenvalue weighted by Gasteiger charge is 2.22. The van der Waals surface area contributed by atoms with Gasteiger partial charge in [-0.15, -0.1) is 0 Å². The lowest BCUT2D eigenvalue weighted by Gasteiger charge is -2.35. The molecule has 1 aliphatic rings. The summed E-state index contributed by atoms with van der Waals surface area (Å²) in [5.41, 5.74) is 3.76. The van der Waals surface area contributed by atoms with Crippen LogP contribution in [0.3, 0.4) is 0 Å². The van der Waals surface area contributed by atoms with Crippen molar-refractivity contribution in [1.82, 2.24) is 9.80 Å². The Morgan fingerprint density at radius 1 is 1.00 bits per heavy atom. The third kappa shape index (κ3) is 5.01. The van der Waals surface area contributed by atoms with Gasteiger partial charge in [-0.25, -0.2) is 0 Å². The first kappa shape index (κ1) is 19.2. The molecule has 27 heavy (non-hydrogen) atoms. The van der Waals surface area contributed by atoms with E-state index in [-0.39, 0.29) is 12.5 Å². The maximum Gasteiger partial charge on any atom is 0.260 e. The van der Waals surface area contributed by atoms with Gasteiger partial charge in [0.25, 0.3) is 5.91 Å². The van der Waals surface area contributed by atoms with Crippen LogP contribution in [-0.2, 0) is 11.3 Å². The first-order valence-electron chi connectivity index (χ1n) is 9.39. The standard InChI is InChI=1S/C22H28N2O3/c1-17-8-9-20(21(14-17)26-3)27-16-22(25)24-12-10-23(11-13-24)15-19-7-5-4-6-18(19)2/h4-9,14H,10-13,15-16H2,1-3H3. The Bertz CT molecular complexity index is 783. The SMILES string of the molecule is COc1cc(C)ccc1OCC(=O)N1CCN(Cc2ccccc2C)CC1. The second-order valence-electron chi connectivity index (χ2n) is 7.03. The zero-order valence-corrected chi connectivity index (χ0v) is 16.4. The molecule has 2 aromatic carbocycles. The molecule has 0 aromatic heterocycles. The third-order valence-corrected chi connectivity index (χ3v) is 5.05. The molecule has 0 saturated carbocycles. The van der Waals surface area contributed by atoms with Crippen molar-refractivity contribution in [1.29, 1.82) is 0 Å². The molecule has 0 bridgehead atoms. The van der Waals surface area contributed by atoms with Crippen LogP contribution in [0, 0.1) is 13.8 Å². The van der Waals surface area contributed by atoms with Gasteiger partial charge in [0.1, 0.15) is 0 Å². The van der Waals surface area contributed by atoms with Crippen LogP contribution in [0.25, 0.3) is 0 Å². The maximum atomic E-state index is 12.5. The molecule has 1 aliphatic heterocycles. The molecule has 1 heterocycles. The first-order chi connectivity index (χ1) is 13.1. The van der Waals surface area contributed by atoms with E-state index in [0.717, 1.165) is 38.3 Å². The zero-order chi connectivity index (χ0) is 19.2. The van der Waals surface area contributed by atoms with Gasteiger partial charge in [-0.1, -0.05) is 30.3 Å². The van der Waals surface area contributed by atoms with Gasteiger partial charge in [0.15, 0.2) is 18.1 Å². The fraction of sp³-hybridized carbons (Fsp3) is 0.409. The minimum atomic E-state index is 0.0215. The van der Waals surface area contributed by atoms with Gasteiger partial charge in [-0.3, -0.25) is 9.69 Å². The van der Waals surface area contributed by atoms with Crippen LogP contribution < -0.4 is 9.47 Å². The summed E-state index contributed by atoms with van der Waals surface area (Å²) < 4.78 is 11.0. The van der Waals surface area contributed by atoms with E-state index in [4.69, 9.17) is 9.47 Å². The Balaban J connectivity index is 1.48. The van der Waals surface area contributed by atoms with E-state index in [2.05, 4.69) is 36.1 Å². The molecule has 0 N–H and O–H groups in total. The van der Waals surface area contributed by atoms with E-state index in [1.807, 2.05) is 30.0 Å². The molecular formula is C22H28N2O3. The Morgan fingerprint density at radius 3 is 2.44 bits per heavy atom. The predicted octanol–water partition coefficient (Wildman–Crippen LogP) is 3.04. The van der Waals surface area contributed by atoms with Crippen molar-refractivity contribution in [2.24, 2.45) is 0 Å². The number of hydrogen-bond acceptors (Lipinski definition) is 4. The van der Waals surface area contributed by atoms with Crippen molar-refractivity contribution in [3.8, 4) is 11.5 Å². The summed E-state index contributed by atoms with van der Waals surface area (Å²) in [5, 5.41) is 0. The third-order valence-electron chi connectivity index (χ3n) is 5.05. The summed E-state index contributed by atoms with van der Waals surface area (Å²) in [6.07, 6.45) is 0. The van der Waals surface area contributed by atoms with Crippen LogP contribution in [0.2, 0.25) is 0 Å². The summed E-state index contributed by atoms with van der Waals surface area (Å²) in [6, 6.07) is 14.2. The molecule has 0 atom stereocenters. The monoisotopic (exact) mass is 368 g/mol. The number of nitrogens with zero attached hydrogens (tertiary/aromatic N) is 2. The molecule has 1 saturated heterocycles. The van der Waals surface area contributed by atoms with Gasteiger partial charge in [0, 0.05) is 32.7 Å². The molecule has 0 radical (unpaired) electrons. The Kier molecular flexibility index (Phi) is 6.35. The number of carbonyl (C=O) groups excluding carboxylic acids is 1. The number of rotatable bonds is 6. The van der Waals surface area contributed by atoms with Crippen LogP contribution >= 0.6 is 0 Å². The lowest BCUT2D eigenvalue weighted by atomic mass is 10.1. The van der Waals surface area contributed by atoms with Gasteiger partial charge in [-0.2, -0.15) is 0 Å². The minimum Gasteiger partial charge on any atom is -0.493 e. The van der Waals surface area contributed by atoms with Crippen LogP contribution in [0.15, 0.2) is 42.5 Å². The Hall–Kier alpha value is -2.53. The molecule has 3 rings (SSSR count). The topological polar surface area (TPSA) is 42.0 Å². The second-order valence-corrected chi connectivity index (χ2v) is 7.03. The first-order valence-corrected chi connectivity index (χ1v) is 9.39. The van der Waals surface area contributed by atoms with Gasteiger partial charge < -0.3 is 14.4 Å². The molecule has 5 heteroatoms. The van der Waals surface area contributed by atoms with Crippen molar-refractivity contribution >= 4 is 5.91 Å². The molecule has 0 aliphatic carbocycles. The zero-order valence-electron chi connectivity index (χ0n) is 16.4. The van der Waals surface area contributed by atoms with Crippen LogP contribution in [0.1, 0.15) is 16.7 Å². The van der Waals surface area contributed by atoms with Crippen molar-refractivity contribution < 1.29 is 14.3 Å². The normalized spacial score (nSPS) is 14.9. The lowest BCUT2D eigenvalue weighted by molar-refractivity contribution is -0.135. The average Bonchev–Trinajstić information content (AvgIpc) is 2.69. The van der Waals surface area contributed by atoms with E-state index in [1.165, 1.54) is 11.1 Å². The fourth-order valence-corrected chi connectivity index (χ4v) is 3.31. The highest BCUT2D eigenvalue weighted by atomic mass is 16.5. The highest BCUT2D eigenvalue weighted by molar-refractivity contribution is 5.78. The fourth-order valence-electron chi connectivity index (χ4n) is 3.31. The molecule has 0 spiro atoms. The van der Waals surface area contributed by atoms with E-state index in [9.17, 15) is 4.79 Å². The second kappa shape index (κ2) is 8.91. The molecular weight excluding hydrogens is 340 g/mol. The van der Waals surface area contributed by atoms with E-state index in [0.29, 0.717) is 11.5 Å². The van der Waals surface area contributed by atoms with Crippen molar-refractivity contribution in [2.75, 3.05) is 39.9 Å². The Morgan fingerprint density at radius 2 is 1.74 bits per heavy atom. The lowest BCUT2D eigenvalue weighted by Crippen LogP contribution is -2.49. The minimum absolute atomic E-state index is 0.0215. The molecule has 0 unspecified atom stereocenters. The summed E-state index contributed by atoms with van der Waals surface area (Å²) in [4.78, 5) is 16.8.